The van der Waals surface area contributed by atoms with Crippen LogP contribution in [0.15, 0.2) is 0 Å². The maximum absolute atomic E-state index is 12.4. The summed E-state index contributed by atoms with van der Waals surface area (Å²) in [7, 11) is 0. The molecule has 1 N–H and O–H groups in total. The molecule has 5 heteroatoms. The molecule has 1 fully saturated rings. The minimum absolute atomic E-state index is 0.00313. The molecule has 104 valence electrons. The fourth-order valence-corrected chi connectivity index (χ4v) is 2.18. The lowest BCUT2D eigenvalue weighted by Crippen LogP contribution is -2.53. The van der Waals surface area contributed by atoms with Crippen LogP contribution in [0.2, 0.25) is 0 Å². The predicted octanol–water partition coefficient (Wildman–Crippen LogP) is 2.17. The third-order valence-corrected chi connectivity index (χ3v) is 3.22. The average molecular weight is 256 g/mol. The van der Waals surface area contributed by atoms with Gasteiger partial charge in [0.1, 0.15) is 0 Å². The summed E-state index contributed by atoms with van der Waals surface area (Å²) in [4.78, 5) is 26.6. The number of carboxylic acid groups (broad SMARTS) is 1. The number of amides is 2. The van der Waals surface area contributed by atoms with Crippen molar-refractivity contribution in [3.8, 4) is 0 Å². The Bertz CT molecular complexity index is 304. The van der Waals surface area contributed by atoms with Gasteiger partial charge in [-0.2, -0.15) is 0 Å². The summed E-state index contributed by atoms with van der Waals surface area (Å²) in [5, 5.41) is 8.77. The van der Waals surface area contributed by atoms with Crippen molar-refractivity contribution >= 4 is 12.0 Å². The van der Waals surface area contributed by atoms with Gasteiger partial charge in [-0.05, 0) is 40.0 Å². The van der Waals surface area contributed by atoms with Crippen LogP contribution in [0.5, 0.6) is 0 Å². The number of nitrogens with zero attached hydrogens (tertiary/aromatic N) is 2. The van der Waals surface area contributed by atoms with E-state index in [1.807, 2.05) is 25.7 Å². The lowest BCUT2D eigenvalue weighted by molar-refractivity contribution is -0.137. The zero-order valence-corrected chi connectivity index (χ0v) is 11.6. The second-order valence-corrected chi connectivity index (χ2v) is 5.80. The second kappa shape index (κ2) is 6.07. The molecule has 0 aromatic carbocycles. The van der Waals surface area contributed by atoms with Gasteiger partial charge < -0.3 is 14.9 Å². The molecule has 0 saturated carbocycles. The Morgan fingerprint density at radius 3 is 2.17 bits per heavy atom. The standard InChI is InChI=1S/C13H24N2O3/c1-13(2,3)15(10-7-11(16)17)12(18)14-8-5-4-6-9-14/h4-10H2,1-3H3,(H,16,17). The zero-order valence-electron chi connectivity index (χ0n) is 11.6. The Hall–Kier alpha value is -1.26. The molecule has 1 rings (SSSR count). The first-order valence-electron chi connectivity index (χ1n) is 6.60. The van der Waals surface area contributed by atoms with Gasteiger partial charge in [0, 0.05) is 25.2 Å². The molecule has 18 heavy (non-hydrogen) atoms. The van der Waals surface area contributed by atoms with Crippen LogP contribution >= 0.6 is 0 Å². The highest BCUT2D eigenvalue weighted by Gasteiger charge is 2.30. The van der Waals surface area contributed by atoms with Crippen molar-refractivity contribution < 1.29 is 14.7 Å². The van der Waals surface area contributed by atoms with Gasteiger partial charge in [0.25, 0.3) is 0 Å². The molecule has 2 amide bonds. The van der Waals surface area contributed by atoms with E-state index in [0.717, 1.165) is 25.9 Å². The number of urea groups is 1. The van der Waals surface area contributed by atoms with E-state index in [9.17, 15) is 9.59 Å². The van der Waals surface area contributed by atoms with Gasteiger partial charge in [-0.3, -0.25) is 4.79 Å². The number of likely N-dealkylation sites (tertiary alicyclic amines) is 1. The Balaban J connectivity index is 2.68. The van der Waals surface area contributed by atoms with Crippen molar-refractivity contribution in [1.29, 1.82) is 0 Å². The average Bonchev–Trinajstić information content (AvgIpc) is 2.28. The van der Waals surface area contributed by atoms with Gasteiger partial charge >= 0.3 is 12.0 Å². The SMILES string of the molecule is CC(C)(C)N(CCC(=O)O)C(=O)N1CCCCC1. The van der Waals surface area contributed by atoms with Crippen molar-refractivity contribution in [2.45, 2.75) is 52.0 Å². The summed E-state index contributed by atoms with van der Waals surface area (Å²) in [5.41, 5.74) is -0.343. The molecule has 1 aliphatic heterocycles. The van der Waals surface area contributed by atoms with E-state index in [1.54, 1.807) is 4.90 Å². The largest absolute Gasteiger partial charge is 0.481 e. The van der Waals surface area contributed by atoms with Crippen LogP contribution in [0.25, 0.3) is 0 Å². The van der Waals surface area contributed by atoms with E-state index in [2.05, 4.69) is 0 Å². The van der Waals surface area contributed by atoms with Gasteiger partial charge in [-0.15, -0.1) is 0 Å². The van der Waals surface area contributed by atoms with Gasteiger partial charge in [-0.25, -0.2) is 4.79 Å². The van der Waals surface area contributed by atoms with Gasteiger partial charge in [0.15, 0.2) is 0 Å². The van der Waals surface area contributed by atoms with E-state index >= 15 is 0 Å². The molecule has 0 radical (unpaired) electrons. The lowest BCUT2D eigenvalue weighted by atomic mass is 10.1. The number of hydrogen-bond acceptors (Lipinski definition) is 2. The number of hydrogen-bond donors (Lipinski definition) is 1. The molecule has 1 aliphatic rings. The van der Waals surface area contributed by atoms with Gasteiger partial charge in [0.05, 0.1) is 6.42 Å². The second-order valence-electron chi connectivity index (χ2n) is 5.80. The van der Waals surface area contributed by atoms with Crippen molar-refractivity contribution in [3.63, 3.8) is 0 Å². The van der Waals surface area contributed by atoms with Crippen molar-refractivity contribution in [2.75, 3.05) is 19.6 Å². The molecule has 5 nitrogen and oxygen atoms in total. The van der Waals surface area contributed by atoms with E-state index in [-0.39, 0.29) is 24.5 Å². The van der Waals surface area contributed by atoms with Crippen LogP contribution in [0.3, 0.4) is 0 Å². The molecule has 0 unspecified atom stereocenters. The normalized spacial score (nSPS) is 16.5. The number of carbonyl (C=O) groups is 2. The highest BCUT2D eigenvalue weighted by Crippen LogP contribution is 2.19. The minimum atomic E-state index is -0.865. The molecule has 0 spiro atoms. The fraction of sp³-hybridized carbons (Fsp3) is 0.846. The van der Waals surface area contributed by atoms with E-state index < -0.39 is 5.97 Å². The number of carbonyl (C=O) groups excluding carboxylic acids is 1. The summed E-state index contributed by atoms with van der Waals surface area (Å²) < 4.78 is 0. The first-order valence-corrected chi connectivity index (χ1v) is 6.60. The van der Waals surface area contributed by atoms with E-state index in [4.69, 9.17) is 5.11 Å². The zero-order chi connectivity index (χ0) is 13.8. The van der Waals surface area contributed by atoms with E-state index in [0.29, 0.717) is 0 Å². The van der Waals surface area contributed by atoms with Crippen LogP contribution < -0.4 is 0 Å². The first kappa shape index (κ1) is 14.8. The molecule has 1 saturated heterocycles. The number of aliphatic carboxylic acids is 1. The minimum Gasteiger partial charge on any atom is -0.481 e. The van der Waals surface area contributed by atoms with Gasteiger partial charge in [0.2, 0.25) is 0 Å². The Kier molecular flexibility index (Phi) is 4.99. The molecule has 0 atom stereocenters. The molecule has 0 aromatic rings. The van der Waals surface area contributed by atoms with Crippen LogP contribution in [-0.2, 0) is 4.79 Å². The molecule has 0 aliphatic carbocycles. The summed E-state index contributed by atoms with van der Waals surface area (Å²) in [6.45, 7) is 7.68. The first-order chi connectivity index (χ1) is 8.32. The number of rotatable bonds is 3. The topological polar surface area (TPSA) is 60.9 Å². The Morgan fingerprint density at radius 2 is 1.72 bits per heavy atom. The van der Waals surface area contributed by atoms with Crippen LogP contribution in [0.4, 0.5) is 4.79 Å². The maximum Gasteiger partial charge on any atom is 0.320 e. The van der Waals surface area contributed by atoms with Crippen LogP contribution in [-0.4, -0.2) is 52.1 Å². The summed E-state index contributed by atoms with van der Waals surface area (Å²) >= 11 is 0. The highest BCUT2D eigenvalue weighted by atomic mass is 16.4. The number of carboxylic acids is 1. The lowest BCUT2D eigenvalue weighted by Gasteiger charge is -2.40. The molecule has 1 heterocycles. The van der Waals surface area contributed by atoms with Crippen molar-refractivity contribution in [2.24, 2.45) is 0 Å². The van der Waals surface area contributed by atoms with E-state index in [1.165, 1.54) is 6.42 Å². The predicted molar refractivity (Wildman–Crippen MR) is 69.5 cm³/mol. The smallest absolute Gasteiger partial charge is 0.320 e. The quantitative estimate of drug-likeness (QED) is 0.841. The summed E-state index contributed by atoms with van der Waals surface area (Å²) in [5.74, 6) is -0.865. The third-order valence-electron chi connectivity index (χ3n) is 3.22. The highest BCUT2D eigenvalue weighted by molar-refractivity contribution is 5.76. The Labute approximate surface area is 109 Å². The van der Waals surface area contributed by atoms with Crippen molar-refractivity contribution in [1.82, 2.24) is 9.80 Å². The van der Waals surface area contributed by atoms with Crippen LogP contribution in [0.1, 0.15) is 46.5 Å². The number of piperidine rings is 1. The monoisotopic (exact) mass is 256 g/mol. The van der Waals surface area contributed by atoms with Crippen molar-refractivity contribution in [3.05, 3.63) is 0 Å². The molecule has 0 bridgehead atoms. The maximum atomic E-state index is 12.4. The third kappa shape index (κ3) is 4.20. The van der Waals surface area contributed by atoms with Crippen LogP contribution in [0, 0.1) is 0 Å². The molecule has 0 aromatic heterocycles. The fourth-order valence-electron chi connectivity index (χ4n) is 2.18. The summed E-state index contributed by atoms with van der Waals surface area (Å²) in [6, 6.07) is -0.0246. The molecular weight excluding hydrogens is 232 g/mol. The molecular formula is C13H24N2O3. The summed E-state index contributed by atoms with van der Waals surface area (Å²) in [6.07, 6.45) is 3.26. The Morgan fingerprint density at radius 1 is 1.17 bits per heavy atom. The van der Waals surface area contributed by atoms with Gasteiger partial charge in [-0.1, -0.05) is 0 Å².